The summed E-state index contributed by atoms with van der Waals surface area (Å²) in [5.74, 6) is -0.641. The summed E-state index contributed by atoms with van der Waals surface area (Å²) in [5.41, 5.74) is 0.468. The number of halogens is 4. The van der Waals surface area contributed by atoms with Crippen molar-refractivity contribution in [3.8, 4) is 11.3 Å². The zero-order chi connectivity index (χ0) is 18.8. The van der Waals surface area contributed by atoms with Gasteiger partial charge in [0, 0.05) is 16.2 Å². The Morgan fingerprint density at radius 3 is 2.56 bits per heavy atom. The second-order valence-electron chi connectivity index (χ2n) is 5.34. The van der Waals surface area contributed by atoms with Crippen LogP contribution in [0.4, 0.5) is 13.2 Å². The van der Waals surface area contributed by atoms with E-state index in [9.17, 15) is 18.0 Å². The molecular weight excluding hydrogens is 357 g/mol. The van der Waals surface area contributed by atoms with Crippen LogP contribution in [0.25, 0.3) is 16.8 Å². The number of aromatic nitrogens is 2. The van der Waals surface area contributed by atoms with Crippen LogP contribution in [0, 0.1) is 0 Å². The number of alkyl halides is 3. The average Bonchev–Trinajstić information content (AvgIpc) is 3.01. The first-order valence-electron chi connectivity index (χ1n) is 7.10. The van der Waals surface area contributed by atoms with Gasteiger partial charge in [-0.15, -0.1) is 0 Å². The summed E-state index contributed by atoms with van der Waals surface area (Å²) >= 11 is 6.00. The van der Waals surface area contributed by atoms with Gasteiger partial charge in [0.1, 0.15) is 5.82 Å². The third-order valence-corrected chi connectivity index (χ3v) is 3.78. The number of hydrogen-bond acceptors (Lipinski definition) is 2. The van der Waals surface area contributed by atoms with Crippen LogP contribution in [0.2, 0.25) is 5.02 Å². The third-order valence-electron chi connectivity index (χ3n) is 3.45. The number of imidazole rings is 1. The van der Waals surface area contributed by atoms with Crippen LogP contribution in [0.3, 0.4) is 0 Å². The SMILES string of the molecule is C/C(=C\C=C(/C)c1ncc(-c2cc(C(F)(F)F)ccc2Cl)[nH]1)C(=O)O. The topological polar surface area (TPSA) is 66.0 Å². The van der Waals surface area contributed by atoms with Gasteiger partial charge in [-0.25, -0.2) is 9.78 Å². The van der Waals surface area contributed by atoms with Crippen molar-refractivity contribution in [2.24, 2.45) is 0 Å². The molecule has 0 bridgehead atoms. The lowest BCUT2D eigenvalue weighted by molar-refractivity contribution is -0.137. The molecule has 1 heterocycles. The number of nitrogens with zero attached hydrogens (tertiary/aromatic N) is 1. The van der Waals surface area contributed by atoms with E-state index in [0.717, 1.165) is 12.1 Å². The fourth-order valence-corrected chi connectivity index (χ4v) is 2.19. The molecule has 8 heteroatoms. The molecule has 2 rings (SSSR count). The predicted molar refractivity (Wildman–Crippen MR) is 89.1 cm³/mol. The molecule has 0 unspecified atom stereocenters. The summed E-state index contributed by atoms with van der Waals surface area (Å²) in [7, 11) is 0. The number of nitrogens with one attached hydrogen (secondary N) is 1. The van der Waals surface area contributed by atoms with Crippen molar-refractivity contribution in [3.63, 3.8) is 0 Å². The van der Waals surface area contributed by atoms with Crippen LogP contribution >= 0.6 is 11.6 Å². The fraction of sp³-hybridized carbons (Fsp3) is 0.176. The first-order valence-corrected chi connectivity index (χ1v) is 7.48. The van der Waals surface area contributed by atoms with Gasteiger partial charge in [-0.2, -0.15) is 13.2 Å². The van der Waals surface area contributed by atoms with Crippen LogP contribution in [-0.4, -0.2) is 21.0 Å². The van der Waals surface area contributed by atoms with E-state index >= 15 is 0 Å². The summed E-state index contributed by atoms with van der Waals surface area (Å²) in [4.78, 5) is 17.8. The molecule has 1 aromatic carbocycles. The van der Waals surface area contributed by atoms with E-state index in [1.807, 2.05) is 0 Å². The zero-order valence-electron chi connectivity index (χ0n) is 13.3. The quantitative estimate of drug-likeness (QED) is 0.575. The largest absolute Gasteiger partial charge is 0.478 e. The number of benzene rings is 1. The van der Waals surface area contributed by atoms with Gasteiger partial charge in [-0.1, -0.05) is 23.8 Å². The molecule has 2 N–H and O–H groups in total. The van der Waals surface area contributed by atoms with Gasteiger partial charge in [0.25, 0.3) is 0 Å². The van der Waals surface area contributed by atoms with Crippen LogP contribution in [0.1, 0.15) is 25.2 Å². The molecule has 0 amide bonds. The molecule has 0 atom stereocenters. The number of aromatic amines is 1. The Morgan fingerprint density at radius 1 is 1.28 bits per heavy atom. The highest BCUT2D eigenvalue weighted by atomic mass is 35.5. The van der Waals surface area contributed by atoms with E-state index in [1.54, 1.807) is 13.0 Å². The van der Waals surface area contributed by atoms with E-state index < -0.39 is 17.7 Å². The highest BCUT2D eigenvalue weighted by Crippen LogP contribution is 2.35. The number of carboxylic acid groups (broad SMARTS) is 1. The summed E-state index contributed by atoms with van der Waals surface area (Å²) < 4.78 is 38.6. The maximum Gasteiger partial charge on any atom is 0.416 e. The third kappa shape index (κ3) is 4.51. The maximum atomic E-state index is 12.9. The highest BCUT2D eigenvalue weighted by molar-refractivity contribution is 6.33. The number of hydrogen-bond donors (Lipinski definition) is 2. The molecule has 0 aliphatic carbocycles. The number of carbonyl (C=O) groups is 1. The Labute approximate surface area is 146 Å². The Morgan fingerprint density at radius 2 is 1.96 bits per heavy atom. The van der Waals surface area contributed by atoms with E-state index in [2.05, 4.69) is 9.97 Å². The van der Waals surface area contributed by atoms with Gasteiger partial charge in [0.05, 0.1) is 17.5 Å². The Bertz CT molecular complexity index is 867. The normalized spacial score (nSPS) is 13.2. The predicted octanol–water partition coefficient (Wildman–Crippen LogP) is 5.18. The molecule has 4 nitrogen and oxygen atoms in total. The highest BCUT2D eigenvalue weighted by Gasteiger charge is 2.31. The van der Waals surface area contributed by atoms with Gasteiger partial charge >= 0.3 is 12.1 Å². The minimum absolute atomic E-state index is 0.145. The van der Waals surface area contributed by atoms with Gasteiger partial charge in [0.2, 0.25) is 0 Å². The number of aliphatic carboxylic acids is 1. The minimum Gasteiger partial charge on any atom is -0.478 e. The second-order valence-corrected chi connectivity index (χ2v) is 5.75. The van der Waals surface area contributed by atoms with Crippen molar-refractivity contribution < 1.29 is 23.1 Å². The maximum absolute atomic E-state index is 12.9. The number of rotatable bonds is 4. The van der Waals surface area contributed by atoms with Gasteiger partial charge in [0.15, 0.2) is 0 Å². The molecule has 132 valence electrons. The van der Waals surface area contributed by atoms with Crippen molar-refractivity contribution in [1.82, 2.24) is 9.97 Å². The summed E-state index contributed by atoms with van der Waals surface area (Å²) in [6, 6.07) is 3.04. The van der Waals surface area contributed by atoms with Crippen LogP contribution in [0.15, 0.2) is 42.1 Å². The van der Waals surface area contributed by atoms with Crippen molar-refractivity contribution in [2.45, 2.75) is 20.0 Å². The molecule has 1 aromatic heterocycles. The molecule has 25 heavy (non-hydrogen) atoms. The van der Waals surface area contributed by atoms with Gasteiger partial charge in [-0.05, 0) is 37.6 Å². The lowest BCUT2D eigenvalue weighted by Gasteiger charge is -2.09. The van der Waals surface area contributed by atoms with E-state index in [-0.39, 0.29) is 16.2 Å². The lowest BCUT2D eigenvalue weighted by atomic mass is 10.1. The molecule has 0 spiro atoms. The summed E-state index contributed by atoms with van der Waals surface area (Å²) in [6.07, 6.45) is -0.129. The molecule has 0 saturated carbocycles. The molecule has 0 aliphatic rings. The number of H-pyrrole nitrogens is 1. The second kappa shape index (κ2) is 7.14. The smallest absolute Gasteiger partial charge is 0.416 e. The standard InChI is InChI=1S/C17H14ClF3N2O2/c1-9(3-4-10(2)16(24)25)15-22-8-14(23-15)12-7-11(17(19,20)21)5-6-13(12)18/h3-8H,1-2H3,(H,22,23)(H,24,25)/b9-3+,10-4+. The van der Waals surface area contributed by atoms with Crippen LogP contribution in [-0.2, 0) is 11.0 Å². The number of carboxylic acids is 1. The lowest BCUT2D eigenvalue weighted by Crippen LogP contribution is -2.04. The van der Waals surface area contributed by atoms with Crippen molar-refractivity contribution >= 4 is 23.1 Å². The fourth-order valence-electron chi connectivity index (χ4n) is 1.97. The molecule has 0 fully saturated rings. The van der Waals surface area contributed by atoms with Gasteiger partial charge in [-0.3, -0.25) is 0 Å². The molecule has 0 saturated heterocycles. The Balaban J connectivity index is 2.38. The van der Waals surface area contributed by atoms with E-state index in [0.29, 0.717) is 17.1 Å². The summed E-state index contributed by atoms with van der Waals surface area (Å²) in [5, 5.41) is 8.97. The first-order chi connectivity index (χ1) is 11.6. The molecule has 2 aromatic rings. The van der Waals surface area contributed by atoms with E-state index in [1.165, 1.54) is 25.3 Å². The first kappa shape index (κ1) is 18.8. The Kier molecular flexibility index (Phi) is 5.37. The van der Waals surface area contributed by atoms with E-state index in [4.69, 9.17) is 16.7 Å². The number of allylic oxidation sites excluding steroid dienone is 3. The molecule has 0 radical (unpaired) electrons. The van der Waals surface area contributed by atoms with Crippen LogP contribution < -0.4 is 0 Å². The van der Waals surface area contributed by atoms with Crippen LogP contribution in [0.5, 0.6) is 0 Å². The van der Waals surface area contributed by atoms with Crippen molar-refractivity contribution in [2.75, 3.05) is 0 Å². The summed E-state index contributed by atoms with van der Waals surface area (Å²) in [6.45, 7) is 3.14. The van der Waals surface area contributed by atoms with Crippen molar-refractivity contribution in [3.05, 3.63) is 58.5 Å². The molecular formula is C17H14ClF3N2O2. The monoisotopic (exact) mass is 370 g/mol. The van der Waals surface area contributed by atoms with Crippen molar-refractivity contribution in [1.29, 1.82) is 0 Å². The Hall–Kier alpha value is -2.54. The minimum atomic E-state index is -4.48. The van der Waals surface area contributed by atoms with Gasteiger partial charge < -0.3 is 10.1 Å². The molecule has 0 aliphatic heterocycles. The zero-order valence-corrected chi connectivity index (χ0v) is 14.0. The average molecular weight is 371 g/mol.